The van der Waals surface area contributed by atoms with E-state index in [2.05, 4.69) is 5.32 Å². The van der Waals surface area contributed by atoms with E-state index in [4.69, 9.17) is 27.9 Å². The third-order valence-electron chi connectivity index (χ3n) is 4.27. The van der Waals surface area contributed by atoms with Gasteiger partial charge in [-0.2, -0.15) is 0 Å². The number of halogens is 2. The molecule has 0 saturated carbocycles. The molecule has 0 bridgehead atoms. The van der Waals surface area contributed by atoms with E-state index in [9.17, 15) is 24.5 Å². The Labute approximate surface area is 191 Å². The molecule has 3 aromatic carbocycles. The molecule has 162 valence electrons. The van der Waals surface area contributed by atoms with Crippen molar-refractivity contribution in [2.45, 2.75) is 0 Å². The summed E-state index contributed by atoms with van der Waals surface area (Å²) >= 11 is 11.8. The first-order chi connectivity index (χ1) is 15.3. The van der Waals surface area contributed by atoms with Crippen LogP contribution in [-0.4, -0.2) is 29.2 Å². The average molecular weight is 473 g/mol. The van der Waals surface area contributed by atoms with Gasteiger partial charge in [-0.15, -0.1) is 0 Å². The summed E-state index contributed by atoms with van der Waals surface area (Å²) in [6.45, 7) is -0.657. The first kappa shape index (κ1) is 22.9. The van der Waals surface area contributed by atoms with Crippen molar-refractivity contribution in [2.75, 3.05) is 11.9 Å². The number of nitro benzene ring substituents is 1. The molecular formula is C22H14Cl2N2O6. The zero-order valence-corrected chi connectivity index (χ0v) is 17.7. The van der Waals surface area contributed by atoms with Gasteiger partial charge in [0, 0.05) is 28.3 Å². The highest BCUT2D eigenvalue weighted by molar-refractivity contribution is 6.34. The van der Waals surface area contributed by atoms with E-state index in [1.54, 1.807) is 24.3 Å². The molecule has 0 atom stereocenters. The summed E-state index contributed by atoms with van der Waals surface area (Å²) in [5.41, 5.74) is 0.325. The van der Waals surface area contributed by atoms with Crippen LogP contribution in [0.5, 0.6) is 0 Å². The van der Waals surface area contributed by atoms with Gasteiger partial charge in [-0.3, -0.25) is 19.7 Å². The molecule has 8 nitrogen and oxygen atoms in total. The number of nitrogens with one attached hydrogen (secondary N) is 1. The number of esters is 1. The molecule has 10 heteroatoms. The van der Waals surface area contributed by atoms with Crippen molar-refractivity contribution in [1.29, 1.82) is 0 Å². The van der Waals surface area contributed by atoms with Crippen LogP contribution < -0.4 is 5.32 Å². The van der Waals surface area contributed by atoms with Crippen LogP contribution >= 0.6 is 23.2 Å². The minimum absolute atomic E-state index is 0.00591. The molecular weight excluding hydrogens is 459 g/mol. The number of benzene rings is 3. The van der Waals surface area contributed by atoms with Crippen molar-refractivity contribution in [3.8, 4) is 0 Å². The van der Waals surface area contributed by atoms with Gasteiger partial charge in [-0.1, -0.05) is 41.4 Å². The predicted molar refractivity (Wildman–Crippen MR) is 118 cm³/mol. The lowest BCUT2D eigenvalue weighted by Crippen LogP contribution is -2.22. The summed E-state index contributed by atoms with van der Waals surface area (Å²) in [5, 5.41) is 13.6. The molecule has 0 heterocycles. The summed E-state index contributed by atoms with van der Waals surface area (Å²) in [6, 6.07) is 15.8. The lowest BCUT2D eigenvalue weighted by molar-refractivity contribution is -0.384. The number of hydrogen-bond donors (Lipinski definition) is 1. The smallest absolute Gasteiger partial charge is 0.339 e. The van der Waals surface area contributed by atoms with Crippen LogP contribution in [0.25, 0.3) is 0 Å². The maximum atomic E-state index is 12.8. The van der Waals surface area contributed by atoms with Gasteiger partial charge in [0.15, 0.2) is 12.4 Å². The number of nitro groups is 1. The Balaban J connectivity index is 1.68. The van der Waals surface area contributed by atoms with Crippen molar-refractivity contribution in [3.05, 3.63) is 104 Å². The van der Waals surface area contributed by atoms with Crippen molar-refractivity contribution in [3.63, 3.8) is 0 Å². The number of anilines is 1. The number of non-ortho nitro benzene ring substituents is 1. The fraction of sp³-hybridized carbons (Fsp3) is 0.0455. The molecule has 0 unspecified atom stereocenters. The van der Waals surface area contributed by atoms with E-state index >= 15 is 0 Å². The number of ether oxygens (including phenoxy) is 1. The van der Waals surface area contributed by atoms with Gasteiger partial charge < -0.3 is 10.1 Å². The molecule has 0 saturated heterocycles. The Bertz CT molecular complexity index is 1210. The Morgan fingerprint density at radius 1 is 0.938 bits per heavy atom. The highest BCUT2D eigenvalue weighted by atomic mass is 35.5. The van der Waals surface area contributed by atoms with Crippen molar-refractivity contribution in [1.82, 2.24) is 0 Å². The summed E-state index contributed by atoms with van der Waals surface area (Å²) in [5.74, 6) is -1.99. The van der Waals surface area contributed by atoms with Gasteiger partial charge in [-0.25, -0.2) is 4.79 Å². The monoisotopic (exact) mass is 472 g/mol. The summed E-state index contributed by atoms with van der Waals surface area (Å²) in [7, 11) is 0. The minimum Gasteiger partial charge on any atom is -0.452 e. The third-order valence-corrected chi connectivity index (χ3v) is 4.83. The Morgan fingerprint density at radius 3 is 2.22 bits per heavy atom. The van der Waals surface area contributed by atoms with Gasteiger partial charge >= 0.3 is 5.97 Å². The second-order valence-electron chi connectivity index (χ2n) is 6.43. The third kappa shape index (κ3) is 5.48. The van der Waals surface area contributed by atoms with Crippen molar-refractivity contribution >= 4 is 52.2 Å². The Kier molecular flexibility index (Phi) is 7.19. The quantitative estimate of drug-likeness (QED) is 0.225. The Morgan fingerprint density at radius 2 is 1.59 bits per heavy atom. The van der Waals surface area contributed by atoms with E-state index in [-0.39, 0.29) is 27.5 Å². The van der Waals surface area contributed by atoms with E-state index in [0.29, 0.717) is 10.6 Å². The highest BCUT2D eigenvalue weighted by Crippen LogP contribution is 2.26. The molecule has 0 radical (unpaired) electrons. The first-order valence-corrected chi connectivity index (χ1v) is 9.82. The largest absolute Gasteiger partial charge is 0.452 e. The fourth-order valence-electron chi connectivity index (χ4n) is 2.73. The zero-order valence-electron chi connectivity index (χ0n) is 16.2. The molecule has 0 aliphatic heterocycles. The summed E-state index contributed by atoms with van der Waals surface area (Å²) in [6.07, 6.45) is 0. The van der Waals surface area contributed by atoms with Gasteiger partial charge in [0.25, 0.3) is 11.6 Å². The lowest BCUT2D eigenvalue weighted by Gasteiger charge is -2.10. The number of carbonyl (C=O) groups is 3. The molecule has 0 fully saturated rings. The molecule has 1 amide bonds. The van der Waals surface area contributed by atoms with Gasteiger partial charge in [0.05, 0.1) is 21.2 Å². The maximum Gasteiger partial charge on any atom is 0.339 e. The maximum absolute atomic E-state index is 12.8. The van der Waals surface area contributed by atoms with Crippen LogP contribution in [0.1, 0.15) is 26.3 Å². The van der Waals surface area contributed by atoms with Gasteiger partial charge in [0.1, 0.15) is 0 Å². The molecule has 0 spiro atoms. The molecule has 3 aromatic rings. The van der Waals surface area contributed by atoms with Crippen LogP contribution in [0.4, 0.5) is 11.4 Å². The molecule has 32 heavy (non-hydrogen) atoms. The second kappa shape index (κ2) is 10.0. The SMILES string of the molecule is O=C(COC(=O)c1ccccc1C(=O)c1ccc(Cl)cc1)Nc1ccc([N+](=O)[O-])cc1Cl. The van der Waals surface area contributed by atoms with Crippen LogP contribution in [0, 0.1) is 10.1 Å². The van der Waals surface area contributed by atoms with Crippen LogP contribution in [0.15, 0.2) is 66.7 Å². The second-order valence-corrected chi connectivity index (χ2v) is 7.27. The average Bonchev–Trinajstić information content (AvgIpc) is 2.78. The number of amides is 1. The van der Waals surface area contributed by atoms with Crippen molar-refractivity contribution in [2.24, 2.45) is 0 Å². The molecule has 1 N–H and O–H groups in total. The van der Waals surface area contributed by atoms with E-state index in [0.717, 1.165) is 6.07 Å². The normalized spacial score (nSPS) is 10.3. The lowest BCUT2D eigenvalue weighted by atomic mass is 9.98. The number of nitrogens with zero attached hydrogens (tertiary/aromatic N) is 1. The first-order valence-electron chi connectivity index (χ1n) is 9.06. The molecule has 0 aromatic heterocycles. The highest BCUT2D eigenvalue weighted by Gasteiger charge is 2.20. The number of ketones is 1. The van der Waals surface area contributed by atoms with E-state index in [1.807, 2.05) is 0 Å². The van der Waals surface area contributed by atoms with E-state index < -0.39 is 29.2 Å². The number of rotatable bonds is 7. The zero-order chi connectivity index (χ0) is 23.3. The number of carbonyl (C=O) groups excluding carboxylic acids is 3. The van der Waals surface area contributed by atoms with Crippen LogP contribution in [0.2, 0.25) is 10.0 Å². The molecule has 0 aliphatic rings. The molecule has 0 aliphatic carbocycles. The van der Waals surface area contributed by atoms with Crippen LogP contribution in [0.3, 0.4) is 0 Å². The van der Waals surface area contributed by atoms with Crippen LogP contribution in [-0.2, 0) is 9.53 Å². The molecule has 3 rings (SSSR count). The standard InChI is InChI=1S/C22H14Cl2N2O6/c23-14-7-5-13(6-8-14)21(28)16-3-1-2-4-17(16)22(29)32-12-20(27)25-19-10-9-15(26(30)31)11-18(19)24/h1-11H,12H2,(H,25,27). The summed E-state index contributed by atoms with van der Waals surface area (Å²) in [4.78, 5) is 47.6. The predicted octanol–water partition coefficient (Wildman–Crippen LogP) is 4.93. The fourth-order valence-corrected chi connectivity index (χ4v) is 3.08. The Hall–Kier alpha value is -3.75. The van der Waals surface area contributed by atoms with Gasteiger partial charge in [0.2, 0.25) is 0 Å². The van der Waals surface area contributed by atoms with Crippen molar-refractivity contribution < 1.29 is 24.0 Å². The van der Waals surface area contributed by atoms with E-state index in [1.165, 1.54) is 36.4 Å². The minimum atomic E-state index is -0.868. The summed E-state index contributed by atoms with van der Waals surface area (Å²) < 4.78 is 5.03. The number of hydrogen-bond acceptors (Lipinski definition) is 6. The van der Waals surface area contributed by atoms with Gasteiger partial charge in [-0.05, 0) is 36.4 Å². The topological polar surface area (TPSA) is 116 Å².